The molecule has 0 rings (SSSR count). The van der Waals surface area contributed by atoms with Crippen LogP contribution >= 0.6 is 7.72 Å². The predicted molar refractivity (Wildman–Crippen MR) is 57.5 cm³/mol. The Kier molecular flexibility index (Phi) is 8.60. The first-order valence-corrected chi connectivity index (χ1v) is 6.49. The van der Waals surface area contributed by atoms with Crippen molar-refractivity contribution in [3.05, 3.63) is 0 Å². The van der Waals surface area contributed by atoms with Crippen LogP contribution in [0.2, 0.25) is 0 Å². The van der Waals surface area contributed by atoms with Gasteiger partial charge in [-0.3, -0.25) is 0 Å². The zero-order valence-corrected chi connectivity index (χ0v) is 9.13. The number of hydrogen-bond donors (Lipinski definition) is 2. The minimum absolute atomic E-state index is 0. The summed E-state index contributed by atoms with van der Waals surface area (Å²) < 4.78 is 10.3. The van der Waals surface area contributed by atoms with Crippen LogP contribution in [0.3, 0.4) is 0 Å². The Morgan fingerprint density at radius 1 is 1.15 bits per heavy atom. The third-order valence-electron chi connectivity index (χ3n) is 1.70. The Bertz CT molecular complexity index is 131. The fourth-order valence-electron chi connectivity index (χ4n) is 0.866. The van der Waals surface area contributed by atoms with Gasteiger partial charge < -0.3 is 0 Å². The van der Waals surface area contributed by atoms with Crippen molar-refractivity contribution in [1.29, 1.82) is 0 Å². The summed E-state index contributed by atoms with van der Waals surface area (Å²) in [7, 11) is -3.40. The van der Waals surface area contributed by atoms with Crippen LogP contribution in [0.1, 0.15) is 20.8 Å². The molecule has 0 saturated carbocycles. The van der Waals surface area contributed by atoms with E-state index in [1.165, 1.54) is 6.66 Å². The second kappa shape index (κ2) is 6.70. The van der Waals surface area contributed by atoms with Crippen molar-refractivity contribution in [3.8, 4) is 0 Å². The van der Waals surface area contributed by atoms with Crippen LogP contribution in [0, 0.1) is 0 Å². The van der Waals surface area contributed by atoms with Crippen LogP contribution in [0.5, 0.6) is 0 Å². The topological polar surface area (TPSA) is 58.9 Å². The zero-order chi connectivity index (χ0) is 9.83. The van der Waals surface area contributed by atoms with Gasteiger partial charge >= 0.3 is 103 Å². The standard InChI is InChI=1S/C7H19O4P.Na.H/c1-5-10-7(3,11-6-2)12(4,8)9;;/h8-9,12H,5-6H2,1-4H3;;. The van der Waals surface area contributed by atoms with Crippen molar-refractivity contribution in [2.45, 2.75) is 26.3 Å². The van der Waals surface area contributed by atoms with Crippen molar-refractivity contribution < 1.29 is 19.3 Å². The second-order valence-electron chi connectivity index (χ2n) is 2.83. The molecule has 0 radical (unpaired) electrons. The molecule has 0 aromatic rings. The van der Waals surface area contributed by atoms with Gasteiger partial charge in [-0.1, -0.05) is 0 Å². The summed E-state index contributed by atoms with van der Waals surface area (Å²) in [5.41, 5.74) is -1.21. The molecule has 0 aromatic heterocycles. The molecule has 6 heteroatoms. The first-order chi connectivity index (χ1) is 5.37. The van der Waals surface area contributed by atoms with Crippen molar-refractivity contribution in [2.75, 3.05) is 19.9 Å². The molecule has 0 aliphatic carbocycles. The summed E-state index contributed by atoms with van der Waals surface area (Å²) in [4.78, 5) is 18.9. The summed E-state index contributed by atoms with van der Waals surface area (Å²) in [6, 6.07) is 0. The van der Waals surface area contributed by atoms with Gasteiger partial charge in [0.2, 0.25) is 0 Å². The van der Waals surface area contributed by atoms with E-state index in [2.05, 4.69) is 0 Å². The number of rotatable bonds is 5. The third-order valence-corrected chi connectivity index (χ3v) is 3.71. The molecular weight excluding hydrogens is 202 g/mol. The maximum atomic E-state index is 9.44. The van der Waals surface area contributed by atoms with E-state index in [1.807, 2.05) is 0 Å². The van der Waals surface area contributed by atoms with Crippen LogP contribution in [0.25, 0.3) is 0 Å². The normalized spacial score (nSPS) is 13.7. The Labute approximate surface area is 102 Å². The minimum atomic E-state index is -3.40. The van der Waals surface area contributed by atoms with Gasteiger partial charge in [0.25, 0.3) is 0 Å². The summed E-state index contributed by atoms with van der Waals surface area (Å²) in [6.45, 7) is 7.32. The Morgan fingerprint density at radius 2 is 1.46 bits per heavy atom. The number of ether oxygens (including phenoxy) is 2. The molecule has 0 fully saturated rings. The van der Waals surface area contributed by atoms with E-state index in [9.17, 15) is 9.79 Å². The molecule has 13 heavy (non-hydrogen) atoms. The second-order valence-corrected chi connectivity index (χ2v) is 5.78. The molecule has 0 saturated heterocycles. The van der Waals surface area contributed by atoms with Gasteiger partial charge in [0.15, 0.2) is 0 Å². The third kappa shape index (κ3) is 5.05. The van der Waals surface area contributed by atoms with Crippen molar-refractivity contribution in [3.63, 3.8) is 0 Å². The van der Waals surface area contributed by atoms with Crippen LogP contribution < -0.4 is 0 Å². The van der Waals surface area contributed by atoms with E-state index in [0.717, 1.165) is 0 Å². The first-order valence-electron chi connectivity index (χ1n) is 4.10. The monoisotopic (exact) mass is 222 g/mol. The molecule has 0 aromatic carbocycles. The Balaban J connectivity index is 0. The van der Waals surface area contributed by atoms with Crippen LogP contribution in [-0.2, 0) is 9.47 Å². The van der Waals surface area contributed by atoms with E-state index in [0.29, 0.717) is 13.2 Å². The van der Waals surface area contributed by atoms with Gasteiger partial charge in [0, 0.05) is 0 Å². The van der Waals surface area contributed by atoms with Crippen LogP contribution in [0.15, 0.2) is 0 Å². The maximum absolute atomic E-state index is 9.44. The Hall–Kier alpha value is 1.27. The van der Waals surface area contributed by atoms with Gasteiger partial charge in [-0.05, 0) is 0 Å². The van der Waals surface area contributed by atoms with Crippen molar-refractivity contribution in [2.24, 2.45) is 0 Å². The molecular formula is C7H20NaO4P. The van der Waals surface area contributed by atoms with Crippen LogP contribution in [0.4, 0.5) is 0 Å². The fourth-order valence-corrected chi connectivity index (χ4v) is 1.70. The van der Waals surface area contributed by atoms with Gasteiger partial charge in [0.05, 0.1) is 0 Å². The quantitative estimate of drug-likeness (QED) is 0.398. The fraction of sp³-hybridized carbons (Fsp3) is 1.00. The molecule has 0 heterocycles. The van der Waals surface area contributed by atoms with Gasteiger partial charge in [-0.2, -0.15) is 0 Å². The number of hydrogen-bond acceptors (Lipinski definition) is 4. The zero-order valence-electron chi connectivity index (χ0n) is 8.13. The molecule has 4 nitrogen and oxygen atoms in total. The molecule has 0 amide bonds. The van der Waals surface area contributed by atoms with Crippen LogP contribution in [-0.4, -0.2) is 64.8 Å². The molecule has 0 bridgehead atoms. The molecule has 2 N–H and O–H groups in total. The predicted octanol–water partition coefficient (Wildman–Crippen LogP) is 0.279. The molecule has 0 unspecified atom stereocenters. The molecule has 78 valence electrons. The van der Waals surface area contributed by atoms with Gasteiger partial charge in [-0.25, -0.2) is 0 Å². The van der Waals surface area contributed by atoms with E-state index >= 15 is 0 Å². The summed E-state index contributed by atoms with van der Waals surface area (Å²) in [5, 5.41) is 0. The SMILES string of the molecule is CCOC(C)(OCC)[PH](C)(O)O.[NaH]. The van der Waals surface area contributed by atoms with Gasteiger partial charge in [0.1, 0.15) is 0 Å². The summed E-state index contributed by atoms with van der Waals surface area (Å²) in [6.07, 6.45) is 0. The molecule has 0 aliphatic heterocycles. The van der Waals surface area contributed by atoms with E-state index in [4.69, 9.17) is 9.47 Å². The average molecular weight is 222 g/mol. The van der Waals surface area contributed by atoms with E-state index in [-0.39, 0.29) is 29.6 Å². The summed E-state index contributed by atoms with van der Waals surface area (Å²) in [5.74, 6) is 0. The average Bonchev–Trinajstić information content (AvgIpc) is 1.86. The van der Waals surface area contributed by atoms with Crippen molar-refractivity contribution in [1.82, 2.24) is 0 Å². The molecule has 0 atom stereocenters. The van der Waals surface area contributed by atoms with Gasteiger partial charge in [-0.15, -0.1) is 0 Å². The van der Waals surface area contributed by atoms with E-state index < -0.39 is 13.2 Å². The molecule has 0 spiro atoms. The van der Waals surface area contributed by atoms with E-state index in [1.54, 1.807) is 20.8 Å². The molecule has 0 aliphatic rings. The first kappa shape index (κ1) is 16.7. The summed E-state index contributed by atoms with van der Waals surface area (Å²) >= 11 is 0. The Morgan fingerprint density at radius 3 is 1.62 bits per heavy atom. The van der Waals surface area contributed by atoms with Crippen molar-refractivity contribution >= 4 is 37.3 Å².